The molecular weight excluding hydrogens is 330 g/mol. The molecule has 1 aromatic carbocycles. The van der Waals surface area contributed by atoms with Gasteiger partial charge >= 0.3 is 0 Å². The Kier molecular flexibility index (Phi) is 7.60. The van der Waals surface area contributed by atoms with Gasteiger partial charge in [0.25, 0.3) is 0 Å². The predicted octanol–water partition coefficient (Wildman–Crippen LogP) is 2.24. The first kappa shape index (κ1) is 16.6. The number of hydrogen-bond donors (Lipinski definition) is 1. The van der Waals surface area contributed by atoms with E-state index < -0.39 is 9.84 Å². The summed E-state index contributed by atoms with van der Waals surface area (Å²) in [5, 5.41) is 3.11. The average Bonchev–Trinajstić information content (AvgIpc) is 2.38. The topological polar surface area (TPSA) is 55.4 Å². The van der Waals surface area contributed by atoms with Gasteiger partial charge in [0.2, 0.25) is 0 Å². The van der Waals surface area contributed by atoms with Gasteiger partial charge in [0, 0.05) is 24.2 Å². The summed E-state index contributed by atoms with van der Waals surface area (Å²) in [6, 6.07) is 6.72. The predicted molar refractivity (Wildman–Crippen MR) is 80.2 cm³/mol. The third-order valence-electron chi connectivity index (χ3n) is 2.57. The molecule has 0 radical (unpaired) electrons. The molecule has 1 aromatic rings. The van der Waals surface area contributed by atoms with Crippen molar-refractivity contribution in [1.29, 1.82) is 0 Å². The summed E-state index contributed by atoms with van der Waals surface area (Å²) in [6.45, 7) is 4.62. The molecule has 0 bridgehead atoms. The number of benzene rings is 1. The van der Waals surface area contributed by atoms with Crippen LogP contribution in [0.15, 0.2) is 33.6 Å². The zero-order valence-electron chi connectivity index (χ0n) is 11.1. The van der Waals surface area contributed by atoms with Gasteiger partial charge in [-0.05, 0) is 44.2 Å². The molecule has 0 aromatic heterocycles. The van der Waals surface area contributed by atoms with E-state index in [9.17, 15) is 8.42 Å². The van der Waals surface area contributed by atoms with Gasteiger partial charge in [-0.1, -0.05) is 15.9 Å². The first-order valence-electron chi connectivity index (χ1n) is 6.33. The lowest BCUT2D eigenvalue weighted by Crippen LogP contribution is -2.24. The number of hydrogen-bond acceptors (Lipinski definition) is 4. The maximum atomic E-state index is 12.0. The maximum Gasteiger partial charge on any atom is 0.179 e. The van der Waals surface area contributed by atoms with Crippen LogP contribution in [0.4, 0.5) is 0 Å². The number of rotatable bonds is 9. The molecule has 1 N–H and O–H groups in total. The Labute approximate surface area is 123 Å². The van der Waals surface area contributed by atoms with Gasteiger partial charge in [-0.15, -0.1) is 0 Å². The molecule has 0 fully saturated rings. The zero-order chi connectivity index (χ0) is 14.1. The minimum absolute atomic E-state index is 0.114. The van der Waals surface area contributed by atoms with Crippen LogP contribution in [0.3, 0.4) is 0 Å². The second-order valence-electron chi connectivity index (χ2n) is 4.07. The standard InChI is InChI=1S/C13H20BrNO3S/c1-2-18-10-3-8-15-9-11-19(16,17)13-6-4-12(14)5-7-13/h4-7,15H,2-3,8-11H2,1H3. The van der Waals surface area contributed by atoms with Crippen molar-refractivity contribution in [1.82, 2.24) is 5.32 Å². The van der Waals surface area contributed by atoms with Crippen molar-refractivity contribution in [3.05, 3.63) is 28.7 Å². The van der Waals surface area contributed by atoms with Crippen LogP contribution in [0.2, 0.25) is 0 Å². The van der Waals surface area contributed by atoms with Gasteiger partial charge in [0.05, 0.1) is 10.6 Å². The highest BCUT2D eigenvalue weighted by molar-refractivity contribution is 9.10. The first-order chi connectivity index (χ1) is 9.06. The van der Waals surface area contributed by atoms with Gasteiger partial charge in [0.1, 0.15) is 0 Å². The molecule has 0 aliphatic carbocycles. The van der Waals surface area contributed by atoms with Crippen molar-refractivity contribution in [2.24, 2.45) is 0 Å². The highest BCUT2D eigenvalue weighted by atomic mass is 79.9. The summed E-state index contributed by atoms with van der Waals surface area (Å²) in [7, 11) is -3.19. The summed E-state index contributed by atoms with van der Waals surface area (Å²) in [5.74, 6) is 0.114. The molecule has 0 unspecified atom stereocenters. The molecular formula is C13H20BrNO3S. The van der Waals surface area contributed by atoms with Crippen LogP contribution in [0.5, 0.6) is 0 Å². The highest BCUT2D eigenvalue weighted by Gasteiger charge is 2.13. The quantitative estimate of drug-likeness (QED) is 0.694. The van der Waals surface area contributed by atoms with E-state index in [4.69, 9.17) is 4.74 Å². The van der Waals surface area contributed by atoms with Crippen molar-refractivity contribution in [2.75, 3.05) is 32.1 Å². The van der Waals surface area contributed by atoms with Crippen molar-refractivity contribution < 1.29 is 13.2 Å². The molecule has 0 saturated carbocycles. The van der Waals surface area contributed by atoms with E-state index in [2.05, 4.69) is 21.2 Å². The van der Waals surface area contributed by atoms with E-state index in [0.29, 0.717) is 18.0 Å². The number of halogens is 1. The third-order valence-corrected chi connectivity index (χ3v) is 4.83. The maximum absolute atomic E-state index is 12.0. The van der Waals surface area contributed by atoms with Crippen molar-refractivity contribution in [2.45, 2.75) is 18.2 Å². The van der Waals surface area contributed by atoms with Crippen LogP contribution in [0.1, 0.15) is 13.3 Å². The number of nitrogens with one attached hydrogen (secondary N) is 1. The monoisotopic (exact) mass is 349 g/mol. The molecule has 4 nitrogen and oxygen atoms in total. The number of sulfone groups is 1. The largest absolute Gasteiger partial charge is 0.382 e. The summed E-state index contributed by atoms with van der Waals surface area (Å²) >= 11 is 3.29. The Hall–Kier alpha value is -0.430. The molecule has 0 aliphatic heterocycles. The van der Waals surface area contributed by atoms with Gasteiger partial charge in [-0.3, -0.25) is 0 Å². The molecule has 0 aliphatic rings. The van der Waals surface area contributed by atoms with Crippen LogP contribution in [0.25, 0.3) is 0 Å². The Balaban J connectivity index is 2.29. The molecule has 1 rings (SSSR count). The van der Waals surface area contributed by atoms with Crippen LogP contribution in [-0.2, 0) is 14.6 Å². The smallest absolute Gasteiger partial charge is 0.179 e. The van der Waals surface area contributed by atoms with Crippen molar-refractivity contribution in [3.63, 3.8) is 0 Å². The first-order valence-corrected chi connectivity index (χ1v) is 8.77. The van der Waals surface area contributed by atoms with Gasteiger partial charge < -0.3 is 10.1 Å². The Morgan fingerprint density at radius 3 is 2.53 bits per heavy atom. The second-order valence-corrected chi connectivity index (χ2v) is 7.10. The molecule has 6 heteroatoms. The summed E-state index contributed by atoms with van der Waals surface area (Å²) < 4.78 is 30.1. The minimum atomic E-state index is -3.19. The fourth-order valence-corrected chi connectivity index (χ4v) is 3.00. The van der Waals surface area contributed by atoms with E-state index in [1.807, 2.05) is 6.92 Å². The molecule has 0 spiro atoms. The molecule has 0 saturated heterocycles. The Morgan fingerprint density at radius 1 is 1.21 bits per heavy atom. The van der Waals surface area contributed by atoms with Crippen molar-refractivity contribution in [3.8, 4) is 0 Å². The lowest BCUT2D eigenvalue weighted by molar-refractivity contribution is 0.145. The van der Waals surface area contributed by atoms with E-state index >= 15 is 0 Å². The molecule has 0 amide bonds. The van der Waals surface area contributed by atoms with Crippen LogP contribution < -0.4 is 5.32 Å². The zero-order valence-corrected chi connectivity index (χ0v) is 13.5. The van der Waals surface area contributed by atoms with E-state index in [-0.39, 0.29) is 5.75 Å². The summed E-state index contributed by atoms with van der Waals surface area (Å²) in [4.78, 5) is 0.367. The number of ether oxygens (including phenoxy) is 1. The van der Waals surface area contributed by atoms with Gasteiger partial charge in [-0.25, -0.2) is 8.42 Å². The van der Waals surface area contributed by atoms with E-state index in [1.165, 1.54) is 0 Å². The third kappa shape index (κ3) is 6.51. The van der Waals surface area contributed by atoms with E-state index in [1.54, 1.807) is 24.3 Å². The molecule has 19 heavy (non-hydrogen) atoms. The summed E-state index contributed by atoms with van der Waals surface area (Å²) in [5.41, 5.74) is 0. The Morgan fingerprint density at radius 2 is 1.89 bits per heavy atom. The van der Waals surface area contributed by atoms with Crippen LogP contribution in [0, 0.1) is 0 Å². The van der Waals surface area contributed by atoms with Crippen LogP contribution in [-0.4, -0.2) is 40.5 Å². The normalized spacial score (nSPS) is 11.7. The van der Waals surface area contributed by atoms with Crippen LogP contribution >= 0.6 is 15.9 Å². The second kappa shape index (κ2) is 8.68. The average molecular weight is 350 g/mol. The van der Waals surface area contributed by atoms with Gasteiger partial charge in [-0.2, -0.15) is 0 Å². The molecule has 108 valence electrons. The highest BCUT2D eigenvalue weighted by Crippen LogP contribution is 2.15. The summed E-state index contributed by atoms with van der Waals surface area (Å²) in [6.07, 6.45) is 0.895. The van der Waals surface area contributed by atoms with Gasteiger partial charge in [0.15, 0.2) is 9.84 Å². The fourth-order valence-electron chi connectivity index (χ4n) is 1.53. The molecule has 0 atom stereocenters. The SMILES string of the molecule is CCOCCCNCCS(=O)(=O)c1ccc(Br)cc1. The minimum Gasteiger partial charge on any atom is -0.382 e. The Bertz CT molecular complexity index is 459. The van der Waals surface area contributed by atoms with Crippen molar-refractivity contribution >= 4 is 25.8 Å². The van der Waals surface area contributed by atoms with E-state index in [0.717, 1.165) is 24.0 Å². The lowest BCUT2D eigenvalue weighted by Gasteiger charge is -2.06. The lowest BCUT2D eigenvalue weighted by atomic mass is 10.4. The fraction of sp³-hybridized carbons (Fsp3) is 0.538. The molecule has 0 heterocycles.